The van der Waals surface area contributed by atoms with Gasteiger partial charge in [0, 0.05) is 23.2 Å². The second-order valence-electron chi connectivity index (χ2n) is 8.58. The third-order valence-electron chi connectivity index (χ3n) is 6.60. The maximum absolute atomic E-state index is 12.8. The van der Waals surface area contributed by atoms with Gasteiger partial charge in [-0.05, 0) is 43.7 Å². The van der Waals surface area contributed by atoms with Gasteiger partial charge in [0.2, 0.25) is 0 Å². The summed E-state index contributed by atoms with van der Waals surface area (Å²) in [6, 6.07) is 9.13. The number of carbonyl (C=O) groups excluding carboxylic acids is 1. The number of halogens is 1. The molecule has 1 aromatic carbocycles. The van der Waals surface area contributed by atoms with E-state index >= 15 is 0 Å². The maximum atomic E-state index is 12.8. The molecule has 30 heavy (non-hydrogen) atoms. The molecule has 1 fully saturated rings. The van der Waals surface area contributed by atoms with Crippen molar-refractivity contribution in [3.8, 4) is 5.75 Å². The van der Waals surface area contributed by atoms with Crippen LogP contribution >= 0.6 is 11.6 Å². The molecule has 0 aliphatic carbocycles. The Bertz CT molecular complexity index is 1080. The number of Topliss-reactive ketones (excluding diaryl/α,β-unsaturated/α-hetero) is 1. The second-order valence-corrected chi connectivity index (χ2v) is 9.01. The molecule has 0 saturated carbocycles. The monoisotopic (exact) mass is 427 g/mol. The molecular formula is C22H22ClN3O4. The quantitative estimate of drug-likeness (QED) is 0.756. The molecule has 0 amide bonds. The molecule has 3 aliphatic heterocycles. The zero-order valence-electron chi connectivity index (χ0n) is 16.8. The summed E-state index contributed by atoms with van der Waals surface area (Å²) < 4.78 is 17.7. The van der Waals surface area contributed by atoms with Crippen LogP contribution in [0, 0.1) is 5.41 Å². The van der Waals surface area contributed by atoms with Gasteiger partial charge in [0.25, 0.3) is 6.02 Å². The van der Waals surface area contributed by atoms with Gasteiger partial charge in [-0.1, -0.05) is 17.7 Å². The van der Waals surface area contributed by atoms with Gasteiger partial charge in [0.1, 0.15) is 29.2 Å². The number of amidine groups is 1. The van der Waals surface area contributed by atoms with E-state index in [0.29, 0.717) is 30.5 Å². The lowest BCUT2D eigenvalue weighted by Crippen LogP contribution is -2.71. The molecule has 1 atom stereocenters. The van der Waals surface area contributed by atoms with E-state index < -0.39 is 16.6 Å². The fourth-order valence-electron chi connectivity index (χ4n) is 4.77. The fraction of sp³-hybridized carbons (Fsp3) is 0.409. The summed E-state index contributed by atoms with van der Waals surface area (Å²) in [6.07, 6.45) is 1.71. The lowest BCUT2D eigenvalue weighted by molar-refractivity contribution is -0.247. The van der Waals surface area contributed by atoms with E-state index in [1.807, 2.05) is 32.0 Å². The van der Waals surface area contributed by atoms with Crippen molar-refractivity contribution in [3.05, 3.63) is 58.4 Å². The van der Waals surface area contributed by atoms with Crippen LogP contribution in [0.15, 0.2) is 41.5 Å². The number of nitrogens with zero attached hydrogens (tertiary/aromatic N) is 2. The number of benzene rings is 1. The molecule has 3 aliphatic rings. The summed E-state index contributed by atoms with van der Waals surface area (Å²) >= 11 is 6.00. The van der Waals surface area contributed by atoms with Crippen molar-refractivity contribution >= 4 is 23.4 Å². The minimum Gasteiger partial charge on any atom is -0.487 e. The summed E-state index contributed by atoms with van der Waals surface area (Å²) in [5.41, 5.74) is 6.34. The van der Waals surface area contributed by atoms with Crippen LogP contribution < -0.4 is 10.5 Å². The Morgan fingerprint density at radius 2 is 2.00 bits per heavy atom. The summed E-state index contributed by atoms with van der Waals surface area (Å²) in [7, 11) is 0. The van der Waals surface area contributed by atoms with Crippen molar-refractivity contribution in [2.75, 3.05) is 19.8 Å². The van der Waals surface area contributed by atoms with E-state index in [9.17, 15) is 4.79 Å². The molecule has 156 valence electrons. The molecule has 5 rings (SSSR count). The van der Waals surface area contributed by atoms with Crippen molar-refractivity contribution in [1.82, 2.24) is 4.98 Å². The van der Waals surface area contributed by atoms with Crippen LogP contribution in [-0.4, -0.2) is 42.2 Å². The highest BCUT2D eigenvalue weighted by Gasteiger charge is 2.71. The number of hydrogen-bond donors (Lipinski definition) is 1. The van der Waals surface area contributed by atoms with Crippen LogP contribution in [0.25, 0.3) is 0 Å². The number of hydrogen-bond acceptors (Lipinski definition) is 7. The van der Waals surface area contributed by atoms with Crippen molar-refractivity contribution in [1.29, 1.82) is 0 Å². The summed E-state index contributed by atoms with van der Waals surface area (Å²) in [4.78, 5) is 21.7. The highest BCUT2D eigenvalue weighted by Crippen LogP contribution is 2.62. The normalized spacial score (nSPS) is 25.1. The first kappa shape index (κ1) is 19.3. The molecule has 0 bridgehead atoms. The minimum absolute atomic E-state index is 0.115. The number of pyridine rings is 1. The Morgan fingerprint density at radius 1 is 1.20 bits per heavy atom. The first-order valence-corrected chi connectivity index (χ1v) is 10.2. The highest BCUT2D eigenvalue weighted by molar-refractivity contribution is 6.30. The van der Waals surface area contributed by atoms with E-state index in [0.717, 1.165) is 16.9 Å². The lowest BCUT2D eigenvalue weighted by Gasteiger charge is -2.61. The number of carbonyl (C=O) groups is 1. The van der Waals surface area contributed by atoms with Crippen LogP contribution in [0.4, 0.5) is 0 Å². The van der Waals surface area contributed by atoms with Gasteiger partial charge < -0.3 is 19.9 Å². The Labute approximate surface area is 179 Å². The van der Waals surface area contributed by atoms with Gasteiger partial charge in [-0.3, -0.25) is 9.78 Å². The van der Waals surface area contributed by atoms with Crippen LogP contribution in [-0.2, 0) is 21.4 Å². The number of ether oxygens (including phenoxy) is 3. The van der Waals surface area contributed by atoms with E-state index in [-0.39, 0.29) is 18.2 Å². The molecular weight excluding hydrogens is 406 g/mol. The van der Waals surface area contributed by atoms with Gasteiger partial charge in [0.15, 0.2) is 5.78 Å². The topological polar surface area (TPSA) is 96.0 Å². The number of nitrogens with two attached hydrogens (primary N) is 1. The minimum atomic E-state index is -0.722. The Hall–Kier alpha value is -2.64. The van der Waals surface area contributed by atoms with Crippen molar-refractivity contribution in [3.63, 3.8) is 0 Å². The standard InChI is InChI=1S/C22H22ClN3O4/c1-20(2)21(10-28-11-21)22(12-29-19(24)26-22)15-7-13(3-4-18(15)30-20)8-17(27)16-9-14(23)5-6-25-16/h3-7,9H,8,10-12H2,1-2H3,(H2,24,26). The zero-order chi connectivity index (χ0) is 21.1. The van der Waals surface area contributed by atoms with E-state index in [1.165, 1.54) is 6.20 Å². The van der Waals surface area contributed by atoms with E-state index in [1.54, 1.807) is 12.1 Å². The van der Waals surface area contributed by atoms with Crippen LogP contribution in [0.1, 0.15) is 35.5 Å². The average Bonchev–Trinajstić information content (AvgIpc) is 3.03. The number of ketones is 1. The fourth-order valence-corrected chi connectivity index (χ4v) is 4.93. The first-order valence-electron chi connectivity index (χ1n) is 9.79. The molecule has 2 spiro atoms. The zero-order valence-corrected chi connectivity index (χ0v) is 17.5. The Kier molecular flexibility index (Phi) is 4.14. The van der Waals surface area contributed by atoms with Gasteiger partial charge in [-0.15, -0.1) is 0 Å². The van der Waals surface area contributed by atoms with Crippen LogP contribution in [0.5, 0.6) is 5.75 Å². The molecule has 2 aromatic rings. The van der Waals surface area contributed by atoms with Crippen molar-refractivity contribution < 1.29 is 19.0 Å². The van der Waals surface area contributed by atoms with Gasteiger partial charge in [-0.2, -0.15) is 0 Å². The number of aromatic nitrogens is 1. The molecule has 8 heteroatoms. The van der Waals surface area contributed by atoms with Gasteiger partial charge in [-0.25, -0.2) is 4.99 Å². The van der Waals surface area contributed by atoms with Crippen LogP contribution in [0.3, 0.4) is 0 Å². The molecule has 7 nitrogen and oxygen atoms in total. The smallest absolute Gasteiger partial charge is 0.283 e. The molecule has 0 radical (unpaired) electrons. The summed E-state index contributed by atoms with van der Waals surface area (Å²) in [5.74, 6) is 0.604. The Morgan fingerprint density at radius 3 is 2.63 bits per heavy atom. The lowest BCUT2D eigenvalue weighted by atomic mass is 9.55. The summed E-state index contributed by atoms with van der Waals surface area (Å²) in [5, 5.41) is 0.480. The molecule has 1 aromatic heterocycles. The number of rotatable bonds is 3. The predicted octanol–water partition coefficient (Wildman–Crippen LogP) is 2.89. The average molecular weight is 428 g/mol. The first-order chi connectivity index (χ1) is 14.3. The third kappa shape index (κ3) is 2.58. The molecule has 1 saturated heterocycles. The van der Waals surface area contributed by atoms with E-state index in [4.69, 9.17) is 36.5 Å². The number of fused-ring (bicyclic) bond motifs is 3. The van der Waals surface area contributed by atoms with Crippen LogP contribution in [0.2, 0.25) is 5.02 Å². The van der Waals surface area contributed by atoms with Gasteiger partial charge >= 0.3 is 0 Å². The maximum Gasteiger partial charge on any atom is 0.283 e. The van der Waals surface area contributed by atoms with Crippen molar-refractivity contribution in [2.45, 2.75) is 31.4 Å². The highest BCUT2D eigenvalue weighted by atomic mass is 35.5. The molecule has 4 heterocycles. The van der Waals surface area contributed by atoms with Gasteiger partial charge in [0.05, 0.1) is 18.6 Å². The molecule has 2 N–H and O–H groups in total. The predicted molar refractivity (Wildman–Crippen MR) is 111 cm³/mol. The van der Waals surface area contributed by atoms with Crippen molar-refractivity contribution in [2.24, 2.45) is 16.1 Å². The number of aliphatic imine (C=N–C) groups is 1. The SMILES string of the molecule is CC1(C)Oc2ccc(CC(=O)c3cc(Cl)ccn3)cc2C2(COC(N)=N2)C12COC2. The third-order valence-corrected chi connectivity index (χ3v) is 6.83. The van der Waals surface area contributed by atoms with E-state index in [2.05, 4.69) is 4.98 Å². The summed E-state index contributed by atoms with van der Waals surface area (Å²) in [6.45, 7) is 5.40. The second kappa shape index (κ2) is 6.43. The Balaban J connectivity index is 1.57. The largest absolute Gasteiger partial charge is 0.487 e. The molecule has 1 unspecified atom stereocenters.